The van der Waals surface area contributed by atoms with Gasteiger partial charge in [-0.2, -0.15) is 0 Å². The molecule has 1 aliphatic rings. The average molecular weight is 387 g/mol. The van der Waals surface area contributed by atoms with Crippen molar-refractivity contribution in [3.8, 4) is 5.75 Å². The minimum Gasteiger partial charge on any atom is -0.489 e. The summed E-state index contributed by atoms with van der Waals surface area (Å²) >= 11 is 0. The fourth-order valence-electron chi connectivity index (χ4n) is 3.73. The fourth-order valence-corrected chi connectivity index (χ4v) is 3.73. The Hall–Kier alpha value is -3.31. The van der Waals surface area contributed by atoms with Crippen LogP contribution in [-0.2, 0) is 11.3 Å². The molecule has 2 heterocycles. The Morgan fingerprint density at radius 3 is 2.62 bits per heavy atom. The molecule has 0 amide bonds. The number of fused-ring (bicyclic) bond motifs is 2. The SMILES string of the molecule is O=c1cc(N2CCOCC2)oc2ccc(OCc3cccc4ccccc34)cc12. The van der Waals surface area contributed by atoms with Gasteiger partial charge in [-0.05, 0) is 34.5 Å². The van der Waals surface area contributed by atoms with Gasteiger partial charge in [0.25, 0.3) is 0 Å². The number of hydrogen-bond donors (Lipinski definition) is 0. The molecular weight excluding hydrogens is 366 g/mol. The molecule has 5 nitrogen and oxygen atoms in total. The number of nitrogens with zero attached hydrogens (tertiary/aromatic N) is 1. The van der Waals surface area contributed by atoms with Crippen LogP contribution in [0.15, 0.2) is 75.9 Å². The van der Waals surface area contributed by atoms with E-state index >= 15 is 0 Å². The molecule has 0 aliphatic carbocycles. The van der Waals surface area contributed by atoms with Gasteiger partial charge in [0.1, 0.15) is 17.9 Å². The van der Waals surface area contributed by atoms with Gasteiger partial charge < -0.3 is 18.8 Å². The zero-order valence-corrected chi connectivity index (χ0v) is 16.0. The second-order valence-electron chi connectivity index (χ2n) is 7.13. The maximum absolute atomic E-state index is 12.7. The first-order valence-corrected chi connectivity index (χ1v) is 9.78. The highest BCUT2D eigenvalue weighted by molar-refractivity contribution is 5.85. The predicted octanol–water partition coefficient (Wildman–Crippen LogP) is 4.36. The van der Waals surface area contributed by atoms with Crippen LogP contribution in [0, 0.1) is 0 Å². The van der Waals surface area contributed by atoms with Crippen LogP contribution < -0.4 is 15.1 Å². The molecular formula is C24H21NO4. The fraction of sp³-hybridized carbons (Fsp3) is 0.208. The van der Waals surface area contributed by atoms with Gasteiger partial charge >= 0.3 is 0 Å². The van der Waals surface area contributed by atoms with Crippen molar-refractivity contribution >= 4 is 27.6 Å². The molecule has 5 heteroatoms. The molecule has 0 unspecified atom stereocenters. The van der Waals surface area contributed by atoms with E-state index in [9.17, 15) is 4.79 Å². The Morgan fingerprint density at radius 1 is 0.897 bits per heavy atom. The third-order valence-electron chi connectivity index (χ3n) is 5.28. The Labute approximate surface area is 168 Å². The number of hydrogen-bond acceptors (Lipinski definition) is 5. The summed E-state index contributed by atoms with van der Waals surface area (Å²) in [6.45, 7) is 3.16. The second-order valence-corrected chi connectivity index (χ2v) is 7.13. The third kappa shape index (κ3) is 3.57. The maximum atomic E-state index is 12.7. The molecule has 0 bridgehead atoms. The highest BCUT2D eigenvalue weighted by Crippen LogP contribution is 2.25. The summed E-state index contributed by atoms with van der Waals surface area (Å²) in [7, 11) is 0. The molecule has 29 heavy (non-hydrogen) atoms. The maximum Gasteiger partial charge on any atom is 0.200 e. The average Bonchev–Trinajstić information content (AvgIpc) is 2.78. The van der Waals surface area contributed by atoms with Crippen LogP contribution in [0.1, 0.15) is 5.56 Å². The van der Waals surface area contributed by atoms with E-state index in [1.54, 1.807) is 18.2 Å². The highest BCUT2D eigenvalue weighted by atomic mass is 16.5. The van der Waals surface area contributed by atoms with Crippen molar-refractivity contribution in [2.24, 2.45) is 0 Å². The third-order valence-corrected chi connectivity index (χ3v) is 5.28. The van der Waals surface area contributed by atoms with Gasteiger partial charge in [-0.15, -0.1) is 0 Å². The lowest BCUT2D eigenvalue weighted by Crippen LogP contribution is -2.36. The largest absolute Gasteiger partial charge is 0.489 e. The number of morpholine rings is 1. The molecule has 146 valence electrons. The quantitative estimate of drug-likeness (QED) is 0.521. The molecule has 5 rings (SSSR count). The van der Waals surface area contributed by atoms with Crippen LogP contribution in [0.5, 0.6) is 5.75 Å². The van der Waals surface area contributed by atoms with Crippen LogP contribution in [-0.4, -0.2) is 26.3 Å². The molecule has 0 atom stereocenters. The van der Waals surface area contributed by atoms with Crippen molar-refractivity contribution in [3.63, 3.8) is 0 Å². The van der Waals surface area contributed by atoms with E-state index in [0.717, 1.165) is 18.7 Å². The number of ether oxygens (including phenoxy) is 2. The minimum absolute atomic E-state index is 0.0663. The van der Waals surface area contributed by atoms with E-state index in [0.29, 0.717) is 42.4 Å². The van der Waals surface area contributed by atoms with Crippen LogP contribution >= 0.6 is 0 Å². The first kappa shape index (κ1) is 17.8. The standard InChI is InChI=1S/C24H21NO4/c26-22-15-24(25-10-12-27-13-11-25)29-23-9-8-19(14-21(22)23)28-16-18-6-3-5-17-4-1-2-7-20(17)18/h1-9,14-15H,10-13,16H2. The van der Waals surface area contributed by atoms with Crippen LogP contribution in [0.2, 0.25) is 0 Å². The van der Waals surface area contributed by atoms with Gasteiger partial charge in [0.05, 0.1) is 18.6 Å². The zero-order chi connectivity index (χ0) is 19.6. The van der Waals surface area contributed by atoms with E-state index in [1.165, 1.54) is 10.8 Å². The summed E-state index contributed by atoms with van der Waals surface area (Å²) in [4.78, 5) is 14.7. The summed E-state index contributed by atoms with van der Waals surface area (Å²) in [6.07, 6.45) is 0. The first-order chi connectivity index (χ1) is 14.3. The van der Waals surface area contributed by atoms with Gasteiger partial charge in [0.15, 0.2) is 11.3 Å². The molecule has 0 radical (unpaired) electrons. The lowest BCUT2D eigenvalue weighted by molar-refractivity contribution is 0.121. The summed E-state index contributed by atoms with van der Waals surface area (Å²) in [5, 5.41) is 2.88. The molecule has 1 saturated heterocycles. The number of benzene rings is 3. The van der Waals surface area contributed by atoms with Gasteiger partial charge in [-0.3, -0.25) is 4.79 Å². The Morgan fingerprint density at radius 2 is 1.72 bits per heavy atom. The normalized spacial score (nSPS) is 14.4. The topological polar surface area (TPSA) is 51.9 Å². The summed E-state index contributed by atoms with van der Waals surface area (Å²) in [5.74, 6) is 1.24. The molecule has 1 aromatic heterocycles. The Kier molecular flexibility index (Phi) is 4.66. The van der Waals surface area contributed by atoms with Crippen molar-refractivity contribution in [3.05, 3.63) is 82.5 Å². The molecule has 4 aromatic rings. The van der Waals surface area contributed by atoms with Crippen LogP contribution in [0.25, 0.3) is 21.7 Å². The summed E-state index contributed by atoms with van der Waals surface area (Å²) < 4.78 is 17.3. The molecule has 0 N–H and O–H groups in total. The van der Waals surface area contributed by atoms with Crippen molar-refractivity contribution in [1.82, 2.24) is 0 Å². The predicted molar refractivity (Wildman–Crippen MR) is 114 cm³/mol. The van der Waals surface area contributed by atoms with E-state index in [2.05, 4.69) is 24.3 Å². The lowest BCUT2D eigenvalue weighted by Gasteiger charge is -2.27. The smallest absolute Gasteiger partial charge is 0.200 e. The van der Waals surface area contributed by atoms with Crippen LogP contribution in [0.3, 0.4) is 0 Å². The van der Waals surface area contributed by atoms with E-state index in [-0.39, 0.29) is 5.43 Å². The first-order valence-electron chi connectivity index (χ1n) is 9.78. The number of anilines is 1. The molecule has 0 spiro atoms. The van der Waals surface area contributed by atoms with Crippen molar-refractivity contribution in [2.45, 2.75) is 6.61 Å². The van der Waals surface area contributed by atoms with Crippen molar-refractivity contribution in [2.75, 3.05) is 31.2 Å². The molecule has 3 aromatic carbocycles. The van der Waals surface area contributed by atoms with Gasteiger partial charge in [-0.1, -0.05) is 42.5 Å². The van der Waals surface area contributed by atoms with Crippen molar-refractivity contribution < 1.29 is 13.9 Å². The Balaban J connectivity index is 1.41. The van der Waals surface area contributed by atoms with E-state index in [4.69, 9.17) is 13.9 Å². The van der Waals surface area contributed by atoms with E-state index in [1.807, 2.05) is 29.2 Å². The second kappa shape index (κ2) is 7.60. The van der Waals surface area contributed by atoms with Crippen molar-refractivity contribution in [1.29, 1.82) is 0 Å². The minimum atomic E-state index is -0.0663. The monoisotopic (exact) mass is 387 g/mol. The summed E-state index contributed by atoms with van der Waals surface area (Å²) in [5.41, 5.74) is 1.61. The van der Waals surface area contributed by atoms with Crippen LogP contribution in [0.4, 0.5) is 5.88 Å². The lowest BCUT2D eigenvalue weighted by atomic mass is 10.1. The highest BCUT2D eigenvalue weighted by Gasteiger charge is 2.15. The molecule has 0 saturated carbocycles. The summed E-state index contributed by atoms with van der Waals surface area (Å²) in [6, 6.07) is 21.4. The number of rotatable bonds is 4. The van der Waals surface area contributed by atoms with Gasteiger partial charge in [0, 0.05) is 19.2 Å². The molecule has 1 fully saturated rings. The molecule has 1 aliphatic heterocycles. The van der Waals surface area contributed by atoms with Gasteiger partial charge in [-0.25, -0.2) is 0 Å². The van der Waals surface area contributed by atoms with Gasteiger partial charge in [0.2, 0.25) is 0 Å². The van der Waals surface area contributed by atoms with E-state index < -0.39 is 0 Å². The zero-order valence-electron chi connectivity index (χ0n) is 16.0. The Bertz CT molecular complexity index is 1220.